The van der Waals surface area contributed by atoms with Crippen LogP contribution in [0.5, 0.6) is 5.75 Å². The number of halogens is 1. The quantitative estimate of drug-likeness (QED) is 0.560. The molecule has 0 bridgehead atoms. The van der Waals surface area contributed by atoms with Crippen LogP contribution >= 0.6 is 23.7 Å². The van der Waals surface area contributed by atoms with E-state index in [1.165, 1.54) is 5.56 Å². The van der Waals surface area contributed by atoms with E-state index in [9.17, 15) is 4.79 Å². The Morgan fingerprint density at radius 2 is 1.82 bits per heavy atom. The number of hydrogen-bond donors (Lipinski definition) is 0. The summed E-state index contributed by atoms with van der Waals surface area (Å²) in [4.78, 5) is 21.8. The molecule has 0 atom stereocenters. The van der Waals surface area contributed by atoms with Crippen LogP contribution in [0.2, 0.25) is 0 Å². The van der Waals surface area contributed by atoms with Crippen LogP contribution in [0.3, 0.4) is 0 Å². The number of aromatic nitrogens is 1. The highest BCUT2D eigenvalue weighted by molar-refractivity contribution is 7.22. The zero-order valence-electron chi connectivity index (χ0n) is 16.6. The number of methoxy groups -OCH3 is 1. The molecule has 0 saturated carbocycles. The molecule has 0 aliphatic rings. The number of nitrogens with zero attached hydrogens (tertiary/aromatic N) is 3. The average molecular weight is 420 g/mol. The lowest BCUT2D eigenvalue weighted by molar-refractivity contribution is 0.0986. The molecule has 0 N–H and O–H groups in total. The second-order valence-electron chi connectivity index (χ2n) is 6.81. The Bertz CT molecular complexity index is 925. The number of anilines is 1. The van der Waals surface area contributed by atoms with Gasteiger partial charge in [0.1, 0.15) is 5.75 Å². The van der Waals surface area contributed by atoms with Crippen molar-refractivity contribution >= 4 is 45.0 Å². The minimum absolute atomic E-state index is 0. The van der Waals surface area contributed by atoms with Crippen molar-refractivity contribution in [3.8, 4) is 5.75 Å². The van der Waals surface area contributed by atoms with Crippen molar-refractivity contribution in [1.82, 2.24) is 9.88 Å². The van der Waals surface area contributed by atoms with Crippen LogP contribution in [0.15, 0.2) is 42.5 Å². The standard InChI is InChI=1S/C21H25N3O2S.ClH/c1-15-6-11-18-19(14-15)27-21(22-18)24(13-5-12-23(2)3)20(25)16-7-9-17(26-4)10-8-16;/h6-11,14H,5,12-13H2,1-4H3;1H. The van der Waals surface area contributed by atoms with E-state index >= 15 is 0 Å². The highest BCUT2D eigenvalue weighted by Gasteiger charge is 2.21. The Morgan fingerprint density at radius 3 is 2.46 bits per heavy atom. The minimum Gasteiger partial charge on any atom is -0.497 e. The van der Waals surface area contributed by atoms with Crippen molar-refractivity contribution in [2.24, 2.45) is 0 Å². The molecule has 150 valence electrons. The fraction of sp³-hybridized carbons (Fsp3) is 0.333. The van der Waals surface area contributed by atoms with Gasteiger partial charge in [-0.05, 0) is 75.9 Å². The van der Waals surface area contributed by atoms with Gasteiger partial charge in [-0.25, -0.2) is 4.98 Å². The fourth-order valence-corrected chi connectivity index (χ4v) is 3.94. The molecule has 5 nitrogen and oxygen atoms in total. The number of carbonyl (C=O) groups is 1. The van der Waals surface area contributed by atoms with Crippen molar-refractivity contribution in [2.75, 3.05) is 39.2 Å². The molecule has 0 spiro atoms. The van der Waals surface area contributed by atoms with Crippen LogP contribution in [0.1, 0.15) is 22.3 Å². The molecule has 2 aromatic carbocycles. The maximum atomic E-state index is 13.2. The predicted octanol–water partition coefficient (Wildman–Crippen LogP) is 4.63. The number of rotatable bonds is 7. The van der Waals surface area contributed by atoms with Gasteiger partial charge >= 0.3 is 0 Å². The van der Waals surface area contributed by atoms with Crippen molar-refractivity contribution in [3.63, 3.8) is 0 Å². The molecular weight excluding hydrogens is 394 g/mol. The number of hydrogen-bond acceptors (Lipinski definition) is 5. The number of fused-ring (bicyclic) bond motifs is 1. The molecule has 1 amide bonds. The summed E-state index contributed by atoms with van der Waals surface area (Å²) >= 11 is 1.56. The summed E-state index contributed by atoms with van der Waals surface area (Å²) in [6, 6.07) is 13.4. The first-order valence-electron chi connectivity index (χ1n) is 8.96. The Morgan fingerprint density at radius 1 is 1.11 bits per heavy atom. The molecule has 1 aromatic heterocycles. The smallest absolute Gasteiger partial charge is 0.260 e. The number of aryl methyl sites for hydroxylation is 1. The number of ether oxygens (including phenoxy) is 1. The number of amides is 1. The summed E-state index contributed by atoms with van der Waals surface area (Å²) in [6.45, 7) is 3.61. The summed E-state index contributed by atoms with van der Waals surface area (Å²) < 4.78 is 6.30. The van der Waals surface area contributed by atoms with Crippen molar-refractivity contribution in [2.45, 2.75) is 13.3 Å². The first kappa shape index (κ1) is 22.1. The van der Waals surface area contributed by atoms with E-state index < -0.39 is 0 Å². The molecule has 28 heavy (non-hydrogen) atoms. The Hall–Kier alpha value is -2.15. The molecule has 0 radical (unpaired) electrons. The summed E-state index contributed by atoms with van der Waals surface area (Å²) in [5, 5.41) is 0.746. The molecule has 0 unspecified atom stereocenters. The Labute approximate surface area is 176 Å². The Balaban J connectivity index is 0.00000280. The van der Waals surface area contributed by atoms with E-state index in [0.29, 0.717) is 12.1 Å². The van der Waals surface area contributed by atoms with Gasteiger partial charge in [0.2, 0.25) is 0 Å². The van der Waals surface area contributed by atoms with Gasteiger partial charge in [0.05, 0.1) is 17.3 Å². The van der Waals surface area contributed by atoms with Crippen LogP contribution < -0.4 is 9.64 Å². The predicted molar refractivity (Wildman–Crippen MR) is 119 cm³/mol. The second kappa shape index (κ2) is 9.87. The third-order valence-electron chi connectivity index (χ3n) is 4.33. The molecular formula is C21H26ClN3O2S. The summed E-state index contributed by atoms with van der Waals surface area (Å²) in [6.07, 6.45) is 0.879. The van der Waals surface area contributed by atoms with E-state index in [2.05, 4.69) is 17.9 Å². The van der Waals surface area contributed by atoms with Crippen LogP contribution in [0.25, 0.3) is 10.2 Å². The van der Waals surface area contributed by atoms with Crippen molar-refractivity contribution in [3.05, 3.63) is 53.6 Å². The van der Waals surface area contributed by atoms with Crippen LogP contribution in [0.4, 0.5) is 5.13 Å². The zero-order chi connectivity index (χ0) is 19.4. The van der Waals surface area contributed by atoms with Gasteiger partial charge in [0.15, 0.2) is 5.13 Å². The molecule has 7 heteroatoms. The van der Waals surface area contributed by atoms with Crippen LogP contribution in [-0.4, -0.2) is 50.1 Å². The number of carbonyl (C=O) groups excluding carboxylic acids is 1. The molecule has 0 fully saturated rings. The summed E-state index contributed by atoms with van der Waals surface area (Å²) in [5.74, 6) is 0.702. The number of thiazole rings is 1. The molecule has 3 rings (SSSR count). The van der Waals surface area contributed by atoms with Gasteiger partial charge in [0.25, 0.3) is 5.91 Å². The number of benzene rings is 2. The third kappa shape index (κ3) is 5.22. The molecule has 0 aliphatic heterocycles. The van der Waals surface area contributed by atoms with Crippen LogP contribution in [-0.2, 0) is 0 Å². The van der Waals surface area contributed by atoms with E-state index in [4.69, 9.17) is 9.72 Å². The SMILES string of the molecule is COc1ccc(C(=O)N(CCCN(C)C)c2nc3ccc(C)cc3s2)cc1.Cl. The maximum absolute atomic E-state index is 13.2. The van der Waals surface area contributed by atoms with Crippen LogP contribution in [0, 0.1) is 6.92 Å². The summed E-state index contributed by atoms with van der Waals surface area (Å²) in [5.41, 5.74) is 2.76. The molecule has 1 heterocycles. The van der Waals surface area contributed by atoms with Gasteiger partial charge in [-0.15, -0.1) is 12.4 Å². The second-order valence-corrected chi connectivity index (χ2v) is 7.82. The first-order chi connectivity index (χ1) is 13.0. The Kier molecular flexibility index (Phi) is 7.80. The van der Waals surface area contributed by atoms with Crippen molar-refractivity contribution in [1.29, 1.82) is 0 Å². The lowest BCUT2D eigenvalue weighted by Crippen LogP contribution is -2.33. The highest BCUT2D eigenvalue weighted by atomic mass is 35.5. The summed E-state index contributed by atoms with van der Waals surface area (Å²) in [7, 11) is 5.69. The van der Waals surface area contributed by atoms with Gasteiger partial charge < -0.3 is 9.64 Å². The normalized spacial score (nSPS) is 10.8. The monoisotopic (exact) mass is 419 g/mol. The molecule has 0 saturated heterocycles. The first-order valence-corrected chi connectivity index (χ1v) is 9.77. The molecule has 0 aliphatic carbocycles. The van der Waals surface area contributed by atoms with Gasteiger partial charge in [-0.1, -0.05) is 17.4 Å². The van der Waals surface area contributed by atoms with Gasteiger partial charge in [-0.3, -0.25) is 9.69 Å². The third-order valence-corrected chi connectivity index (χ3v) is 5.37. The fourth-order valence-electron chi connectivity index (χ4n) is 2.85. The minimum atomic E-state index is -0.0350. The lowest BCUT2D eigenvalue weighted by Gasteiger charge is -2.21. The maximum Gasteiger partial charge on any atom is 0.260 e. The van der Waals surface area contributed by atoms with Crippen molar-refractivity contribution < 1.29 is 9.53 Å². The average Bonchev–Trinajstić information content (AvgIpc) is 3.07. The van der Waals surface area contributed by atoms with Gasteiger partial charge in [0, 0.05) is 12.1 Å². The topological polar surface area (TPSA) is 45.7 Å². The van der Waals surface area contributed by atoms with E-state index in [0.717, 1.165) is 34.1 Å². The largest absolute Gasteiger partial charge is 0.497 e. The zero-order valence-corrected chi connectivity index (χ0v) is 18.3. The van der Waals surface area contributed by atoms with E-state index in [1.54, 1.807) is 35.5 Å². The van der Waals surface area contributed by atoms with Gasteiger partial charge in [-0.2, -0.15) is 0 Å². The highest BCUT2D eigenvalue weighted by Crippen LogP contribution is 2.30. The van der Waals surface area contributed by atoms with E-state index in [1.807, 2.05) is 38.4 Å². The molecule has 3 aromatic rings. The lowest BCUT2D eigenvalue weighted by atomic mass is 10.2. The van der Waals surface area contributed by atoms with E-state index in [-0.39, 0.29) is 18.3 Å².